The topological polar surface area (TPSA) is 24.1 Å². The number of fused-ring (bicyclic) bond motifs is 2. The van der Waals surface area contributed by atoms with Gasteiger partial charge in [-0.3, -0.25) is 0 Å². The molecule has 1 aromatic rings. The van der Waals surface area contributed by atoms with Gasteiger partial charge in [0.05, 0.1) is 10.7 Å². The van der Waals surface area contributed by atoms with Crippen molar-refractivity contribution in [2.45, 2.75) is 18.9 Å². The lowest BCUT2D eigenvalue weighted by Crippen LogP contribution is -2.48. The van der Waals surface area contributed by atoms with Crippen LogP contribution < -0.4 is 10.6 Å². The highest BCUT2D eigenvalue weighted by atomic mass is 35.5. The van der Waals surface area contributed by atoms with E-state index in [1.165, 1.54) is 18.4 Å². The van der Waals surface area contributed by atoms with Crippen LogP contribution in [0.4, 0.5) is 5.69 Å². The van der Waals surface area contributed by atoms with Gasteiger partial charge in [-0.2, -0.15) is 0 Å². The Hall–Kier alpha value is -0.730. The van der Waals surface area contributed by atoms with E-state index in [1.807, 2.05) is 12.1 Å². The fourth-order valence-corrected chi connectivity index (χ4v) is 2.94. The van der Waals surface area contributed by atoms with Crippen molar-refractivity contribution in [1.29, 1.82) is 0 Å². The van der Waals surface area contributed by atoms with Crippen LogP contribution in [0.2, 0.25) is 5.02 Å². The van der Waals surface area contributed by atoms with Gasteiger partial charge in [0.1, 0.15) is 0 Å². The Balaban J connectivity index is 1.95. The lowest BCUT2D eigenvalue weighted by Gasteiger charge is -2.38. The number of nitrogens with one attached hydrogen (secondary N) is 2. The zero-order chi connectivity index (χ0) is 10.3. The number of benzene rings is 1. The molecule has 3 heteroatoms. The summed E-state index contributed by atoms with van der Waals surface area (Å²) in [5, 5.41) is 7.86. The van der Waals surface area contributed by atoms with Crippen molar-refractivity contribution in [3.63, 3.8) is 0 Å². The number of halogens is 1. The molecular weight excluding hydrogens is 208 g/mol. The minimum absolute atomic E-state index is 0.561. The van der Waals surface area contributed by atoms with E-state index in [9.17, 15) is 0 Å². The predicted octanol–water partition coefficient (Wildman–Crippen LogP) is 2.29. The Labute approximate surface area is 95.0 Å². The summed E-state index contributed by atoms with van der Waals surface area (Å²) in [6.07, 6.45) is 2.44. The molecule has 0 spiro atoms. The highest BCUT2D eigenvalue weighted by Gasteiger charge is 2.30. The third-order valence-electron chi connectivity index (χ3n) is 3.54. The van der Waals surface area contributed by atoms with Crippen LogP contribution in [0.3, 0.4) is 0 Å². The number of para-hydroxylation sites is 1. The van der Waals surface area contributed by atoms with Gasteiger partial charge in [-0.1, -0.05) is 23.7 Å². The molecule has 0 saturated carbocycles. The predicted molar refractivity (Wildman–Crippen MR) is 63.5 cm³/mol. The first kappa shape index (κ1) is 9.49. The number of piperidine rings is 1. The van der Waals surface area contributed by atoms with Crippen molar-refractivity contribution in [2.24, 2.45) is 5.92 Å². The Morgan fingerprint density at radius 2 is 2.27 bits per heavy atom. The molecule has 2 atom stereocenters. The SMILES string of the molecule is Clc1cccc2c1NC1CNCCC1C2. The van der Waals surface area contributed by atoms with Crippen molar-refractivity contribution in [3.05, 3.63) is 28.8 Å². The third kappa shape index (κ3) is 1.62. The number of hydrogen-bond donors (Lipinski definition) is 2. The molecule has 2 unspecified atom stereocenters. The molecule has 0 aliphatic carbocycles. The lowest BCUT2D eigenvalue weighted by molar-refractivity contribution is 0.331. The summed E-state index contributed by atoms with van der Waals surface area (Å²) in [5.74, 6) is 0.775. The average molecular weight is 223 g/mol. The number of hydrogen-bond acceptors (Lipinski definition) is 2. The largest absolute Gasteiger partial charge is 0.379 e. The van der Waals surface area contributed by atoms with Gasteiger partial charge in [0.2, 0.25) is 0 Å². The van der Waals surface area contributed by atoms with E-state index in [0.717, 1.165) is 29.7 Å². The van der Waals surface area contributed by atoms with Crippen LogP contribution in [-0.4, -0.2) is 19.1 Å². The van der Waals surface area contributed by atoms with Crippen molar-refractivity contribution in [1.82, 2.24) is 5.32 Å². The van der Waals surface area contributed by atoms with Crippen molar-refractivity contribution in [2.75, 3.05) is 18.4 Å². The Morgan fingerprint density at radius 3 is 3.20 bits per heavy atom. The minimum atomic E-state index is 0.561. The van der Waals surface area contributed by atoms with Crippen molar-refractivity contribution < 1.29 is 0 Å². The lowest BCUT2D eigenvalue weighted by atomic mass is 9.83. The molecule has 0 amide bonds. The van der Waals surface area contributed by atoms with Crippen molar-refractivity contribution in [3.8, 4) is 0 Å². The van der Waals surface area contributed by atoms with Gasteiger partial charge in [0.15, 0.2) is 0 Å². The monoisotopic (exact) mass is 222 g/mol. The maximum absolute atomic E-state index is 6.19. The highest BCUT2D eigenvalue weighted by molar-refractivity contribution is 6.33. The molecule has 2 nitrogen and oxygen atoms in total. The molecular formula is C12H15ClN2. The van der Waals surface area contributed by atoms with Crippen LogP contribution in [0.25, 0.3) is 0 Å². The summed E-state index contributed by atoms with van der Waals surface area (Å²) in [4.78, 5) is 0. The Kier molecular flexibility index (Phi) is 2.33. The number of rotatable bonds is 0. The first-order valence-electron chi connectivity index (χ1n) is 5.59. The molecule has 0 radical (unpaired) electrons. The molecule has 0 bridgehead atoms. The second kappa shape index (κ2) is 3.69. The van der Waals surface area contributed by atoms with Crippen LogP contribution in [0.5, 0.6) is 0 Å². The second-order valence-electron chi connectivity index (χ2n) is 4.48. The first-order chi connectivity index (χ1) is 7.34. The zero-order valence-corrected chi connectivity index (χ0v) is 9.35. The summed E-state index contributed by atoms with van der Waals surface area (Å²) < 4.78 is 0. The first-order valence-corrected chi connectivity index (χ1v) is 5.97. The average Bonchev–Trinajstić information content (AvgIpc) is 2.27. The van der Waals surface area contributed by atoms with E-state index >= 15 is 0 Å². The van der Waals surface area contributed by atoms with E-state index in [-0.39, 0.29) is 0 Å². The molecule has 3 rings (SSSR count). The van der Waals surface area contributed by atoms with Gasteiger partial charge in [0, 0.05) is 12.6 Å². The molecule has 1 saturated heterocycles. The summed E-state index contributed by atoms with van der Waals surface area (Å²) in [6, 6.07) is 6.76. The van der Waals surface area contributed by atoms with Crippen LogP contribution >= 0.6 is 11.6 Å². The van der Waals surface area contributed by atoms with Crippen molar-refractivity contribution >= 4 is 17.3 Å². The van der Waals surface area contributed by atoms with Crippen LogP contribution in [0, 0.1) is 5.92 Å². The molecule has 0 aromatic heterocycles. The van der Waals surface area contributed by atoms with E-state index in [0.29, 0.717) is 6.04 Å². The molecule has 2 N–H and O–H groups in total. The van der Waals surface area contributed by atoms with Gasteiger partial charge < -0.3 is 10.6 Å². The van der Waals surface area contributed by atoms with E-state index in [1.54, 1.807) is 0 Å². The quantitative estimate of drug-likeness (QED) is 0.704. The molecule has 1 fully saturated rings. The third-order valence-corrected chi connectivity index (χ3v) is 3.85. The van der Waals surface area contributed by atoms with Gasteiger partial charge in [-0.25, -0.2) is 0 Å². The second-order valence-corrected chi connectivity index (χ2v) is 4.89. The maximum Gasteiger partial charge on any atom is 0.0640 e. The van der Waals surface area contributed by atoms with Crippen LogP contribution in [0.15, 0.2) is 18.2 Å². The van der Waals surface area contributed by atoms with Gasteiger partial charge in [0.25, 0.3) is 0 Å². The molecule has 80 valence electrons. The van der Waals surface area contributed by atoms with E-state index in [4.69, 9.17) is 11.6 Å². The minimum Gasteiger partial charge on any atom is -0.379 e. The Bertz CT molecular complexity index is 378. The fourth-order valence-electron chi connectivity index (χ4n) is 2.69. The standard InChI is InChI=1S/C12H15ClN2/c13-10-3-1-2-9-6-8-4-5-14-7-11(8)15-12(9)10/h1-3,8,11,14-15H,4-7H2. The molecule has 1 aromatic carbocycles. The molecule has 15 heavy (non-hydrogen) atoms. The molecule has 2 heterocycles. The molecule has 2 aliphatic heterocycles. The summed E-state index contributed by atoms with van der Waals surface area (Å²) in [7, 11) is 0. The van der Waals surface area contributed by atoms with Crippen LogP contribution in [0.1, 0.15) is 12.0 Å². The maximum atomic E-state index is 6.19. The van der Waals surface area contributed by atoms with Gasteiger partial charge >= 0.3 is 0 Å². The van der Waals surface area contributed by atoms with Gasteiger partial charge in [-0.05, 0) is 36.9 Å². The zero-order valence-electron chi connectivity index (χ0n) is 8.59. The van der Waals surface area contributed by atoms with Crippen LogP contribution in [-0.2, 0) is 6.42 Å². The summed E-state index contributed by atoms with van der Waals surface area (Å²) >= 11 is 6.19. The fraction of sp³-hybridized carbons (Fsp3) is 0.500. The van der Waals surface area contributed by atoms with E-state index in [2.05, 4.69) is 16.7 Å². The van der Waals surface area contributed by atoms with Gasteiger partial charge in [-0.15, -0.1) is 0 Å². The normalized spacial score (nSPS) is 28.9. The highest BCUT2D eigenvalue weighted by Crippen LogP contribution is 2.35. The summed E-state index contributed by atoms with van der Waals surface area (Å²) in [6.45, 7) is 2.22. The summed E-state index contributed by atoms with van der Waals surface area (Å²) in [5.41, 5.74) is 2.54. The Morgan fingerprint density at radius 1 is 1.33 bits per heavy atom. The molecule has 2 aliphatic rings. The van der Waals surface area contributed by atoms with E-state index < -0.39 is 0 Å². The smallest absolute Gasteiger partial charge is 0.0640 e. The number of anilines is 1.